The molecule has 40 heavy (non-hydrogen) atoms. The molecule has 1 N–H and O–H groups in total. The van der Waals surface area contributed by atoms with Crippen molar-refractivity contribution < 1.29 is 24.2 Å². The fourth-order valence-corrected chi connectivity index (χ4v) is 9.98. The monoisotopic (exact) mass is 559 g/mol. The van der Waals surface area contributed by atoms with Crippen LogP contribution in [0.25, 0.3) is 10.8 Å². The lowest BCUT2D eigenvalue weighted by Crippen LogP contribution is -2.62. The van der Waals surface area contributed by atoms with Gasteiger partial charge in [-0.1, -0.05) is 67.9 Å². The Morgan fingerprint density at radius 3 is 2.95 bits per heavy atom. The fourth-order valence-electron chi connectivity index (χ4n) is 9.03. The molecule has 5 aliphatic rings. The molecule has 9 atom stereocenters. The maximum absolute atomic E-state index is 14.5. The molecule has 0 amide bonds. The number of pyridine rings is 1. The number of thioether (sulfide) groups is 1. The molecular weight excluding hydrogens is 522 g/mol. The Hall–Kier alpha value is -2.32. The van der Waals surface area contributed by atoms with Gasteiger partial charge in [0.25, 0.3) is 0 Å². The highest BCUT2D eigenvalue weighted by molar-refractivity contribution is 8.00. The van der Waals surface area contributed by atoms with Crippen LogP contribution in [0.1, 0.15) is 52.4 Å². The Kier molecular flexibility index (Phi) is 6.58. The van der Waals surface area contributed by atoms with Gasteiger partial charge in [-0.2, -0.15) is 0 Å². The quantitative estimate of drug-likeness (QED) is 0.456. The number of hydrogen-bond acceptors (Lipinski definition) is 7. The minimum atomic E-state index is -1.09. The molecule has 210 valence electrons. The van der Waals surface area contributed by atoms with Crippen molar-refractivity contribution in [1.82, 2.24) is 4.98 Å². The first-order chi connectivity index (χ1) is 19.4. The second kappa shape index (κ2) is 9.90. The van der Waals surface area contributed by atoms with Crippen molar-refractivity contribution in [3.8, 4) is 0 Å². The molecule has 4 fully saturated rings. The predicted octanol–water partition coefficient (Wildman–Crippen LogP) is 5.67. The smallest absolute Gasteiger partial charge is 0.178 e. The van der Waals surface area contributed by atoms with Crippen molar-refractivity contribution in [2.24, 2.45) is 29.1 Å². The zero-order valence-electron chi connectivity index (χ0n) is 23.1. The van der Waals surface area contributed by atoms with Crippen LogP contribution in [-0.4, -0.2) is 51.5 Å². The van der Waals surface area contributed by atoms with Gasteiger partial charge in [0.15, 0.2) is 23.5 Å². The van der Waals surface area contributed by atoms with E-state index < -0.39 is 23.4 Å². The van der Waals surface area contributed by atoms with Crippen molar-refractivity contribution in [1.29, 1.82) is 0 Å². The van der Waals surface area contributed by atoms with Gasteiger partial charge in [0.1, 0.15) is 5.03 Å². The summed E-state index contributed by atoms with van der Waals surface area (Å²) in [4.78, 5) is 31.2. The molecule has 7 heteroatoms. The van der Waals surface area contributed by atoms with Crippen molar-refractivity contribution in [3.05, 3.63) is 60.3 Å². The van der Waals surface area contributed by atoms with Gasteiger partial charge in [-0.25, -0.2) is 4.98 Å². The second-order valence-corrected chi connectivity index (χ2v) is 13.5. The number of fused-ring (bicyclic) bond motifs is 8. The van der Waals surface area contributed by atoms with E-state index in [2.05, 4.69) is 24.9 Å². The highest BCUT2D eigenvalue weighted by atomic mass is 32.2. The number of benzene rings is 1. The van der Waals surface area contributed by atoms with Crippen molar-refractivity contribution >= 4 is 34.1 Å². The number of aliphatic hydroxyl groups is 1. The zero-order valence-corrected chi connectivity index (χ0v) is 23.9. The Bertz CT molecular complexity index is 1420. The minimum absolute atomic E-state index is 0.0433. The van der Waals surface area contributed by atoms with Gasteiger partial charge in [-0.05, 0) is 73.5 Å². The second-order valence-electron chi connectivity index (χ2n) is 12.6. The van der Waals surface area contributed by atoms with Crippen LogP contribution in [0.3, 0.4) is 0 Å². The van der Waals surface area contributed by atoms with Gasteiger partial charge in [0, 0.05) is 22.9 Å². The van der Waals surface area contributed by atoms with E-state index in [9.17, 15) is 14.7 Å². The molecule has 1 saturated heterocycles. The average Bonchev–Trinajstić information content (AvgIpc) is 3.43. The van der Waals surface area contributed by atoms with Crippen LogP contribution in [0.2, 0.25) is 0 Å². The summed E-state index contributed by atoms with van der Waals surface area (Å²) in [6.07, 6.45) is 10.6. The van der Waals surface area contributed by atoms with Gasteiger partial charge in [-0.15, -0.1) is 0 Å². The van der Waals surface area contributed by atoms with E-state index in [0.29, 0.717) is 6.42 Å². The molecule has 4 aliphatic carbocycles. The highest BCUT2D eigenvalue weighted by Gasteiger charge is 2.75. The molecule has 1 aromatic carbocycles. The number of ether oxygens (including phenoxy) is 2. The number of Topliss-reactive ketones (excluding diaryl/α,β-unsaturated/α-hetero) is 1. The van der Waals surface area contributed by atoms with Gasteiger partial charge in [0.2, 0.25) is 0 Å². The molecule has 1 aromatic heterocycles. The standard InChI is InChI=1S/C33H37NO5S/c1-3-6-29-38-28-16-25-24-11-9-20-15-21(35)10-12-22(20)30(24)26(36)17-32(25,2)33(28,39-29)27(37)18-40-31-23-8-5-4-7-19(23)13-14-34-31/h4-5,7-8,10,12-15,22,24-26,28-30,36H,3,6,9,11,16-18H2,1-2H3/t22?,24?,25?,26?,28-,29?,30?,32?,33-/m1/s1. The van der Waals surface area contributed by atoms with E-state index in [4.69, 9.17) is 9.47 Å². The van der Waals surface area contributed by atoms with E-state index in [-0.39, 0.29) is 47.1 Å². The third kappa shape index (κ3) is 3.84. The summed E-state index contributed by atoms with van der Waals surface area (Å²) in [6.45, 7) is 4.28. The van der Waals surface area contributed by atoms with Crippen LogP contribution < -0.4 is 0 Å². The topological polar surface area (TPSA) is 85.7 Å². The third-order valence-corrected chi connectivity index (χ3v) is 11.6. The van der Waals surface area contributed by atoms with Crippen LogP contribution >= 0.6 is 11.8 Å². The molecule has 6 nitrogen and oxygen atoms in total. The van der Waals surface area contributed by atoms with Crippen molar-refractivity contribution in [2.45, 2.75) is 81.5 Å². The lowest BCUT2D eigenvalue weighted by molar-refractivity contribution is -0.193. The van der Waals surface area contributed by atoms with E-state index >= 15 is 0 Å². The lowest BCUT2D eigenvalue weighted by atomic mass is 9.50. The Morgan fingerprint density at radius 1 is 1.25 bits per heavy atom. The Labute approximate surface area is 239 Å². The lowest BCUT2D eigenvalue weighted by Gasteiger charge is -2.56. The Balaban J connectivity index is 1.22. The van der Waals surface area contributed by atoms with Gasteiger partial charge in [-0.3, -0.25) is 9.59 Å². The number of carbonyl (C=O) groups is 2. The van der Waals surface area contributed by atoms with Crippen LogP contribution in [0.15, 0.2) is 65.4 Å². The van der Waals surface area contributed by atoms with Gasteiger partial charge < -0.3 is 14.6 Å². The normalized spacial score (nSPS) is 39.8. The van der Waals surface area contributed by atoms with Crippen LogP contribution in [0.5, 0.6) is 0 Å². The molecule has 7 unspecified atom stereocenters. The molecule has 7 rings (SSSR count). The highest BCUT2D eigenvalue weighted by Crippen LogP contribution is 2.68. The molecule has 3 saturated carbocycles. The Morgan fingerprint density at radius 2 is 2.10 bits per heavy atom. The first kappa shape index (κ1) is 26.6. The number of aromatic nitrogens is 1. The molecule has 1 aliphatic heterocycles. The maximum Gasteiger partial charge on any atom is 0.178 e. The van der Waals surface area contributed by atoms with Crippen molar-refractivity contribution in [3.63, 3.8) is 0 Å². The van der Waals surface area contributed by atoms with Gasteiger partial charge in [0.05, 0.1) is 18.0 Å². The van der Waals surface area contributed by atoms with Crippen molar-refractivity contribution in [2.75, 3.05) is 5.75 Å². The number of carbonyl (C=O) groups excluding carboxylic acids is 2. The third-order valence-electron chi connectivity index (χ3n) is 10.6. The van der Waals surface area contributed by atoms with Gasteiger partial charge >= 0.3 is 0 Å². The van der Waals surface area contributed by atoms with Crippen LogP contribution in [0, 0.1) is 29.1 Å². The number of hydrogen-bond donors (Lipinski definition) is 1. The molecule has 2 aromatic rings. The summed E-state index contributed by atoms with van der Waals surface area (Å²) in [5.74, 6) is 0.915. The van der Waals surface area contributed by atoms with E-state index in [1.807, 2.05) is 30.3 Å². The summed E-state index contributed by atoms with van der Waals surface area (Å²) < 4.78 is 13.3. The van der Waals surface area contributed by atoms with E-state index in [1.54, 1.807) is 18.3 Å². The van der Waals surface area contributed by atoms with Crippen LogP contribution in [0.4, 0.5) is 0 Å². The molecule has 0 spiro atoms. The first-order valence-electron chi connectivity index (χ1n) is 14.8. The average molecular weight is 560 g/mol. The predicted molar refractivity (Wildman–Crippen MR) is 154 cm³/mol. The largest absolute Gasteiger partial charge is 0.393 e. The number of aliphatic hydroxyl groups excluding tert-OH is 1. The molecule has 0 bridgehead atoms. The van der Waals surface area contributed by atoms with E-state index in [1.165, 1.54) is 11.8 Å². The molecular formula is C33H37NO5S. The van der Waals surface area contributed by atoms with E-state index in [0.717, 1.165) is 53.5 Å². The maximum atomic E-state index is 14.5. The summed E-state index contributed by atoms with van der Waals surface area (Å²) in [5.41, 5.74) is -0.481. The summed E-state index contributed by atoms with van der Waals surface area (Å²) in [5, 5.41) is 14.8. The number of ketones is 2. The fraction of sp³-hybridized carbons (Fsp3) is 0.545. The molecule has 0 radical (unpaired) electrons. The summed E-state index contributed by atoms with van der Waals surface area (Å²) in [6, 6.07) is 10.1. The first-order valence-corrected chi connectivity index (χ1v) is 15.8. The number of nitrogens with zero attached hydrogens (tertiary/aromatic N) is 1. The molecule has 2 heterocycles. The minimum Gasteiger partial charge on any atom is -0.393 e. The zero-order chi connectivity index (χ0) is 27.6. The summed E-state index contributed by atoms with van der Waals surface area (Å²) in [7, 11) is 0. The summed E-state index contributed by atoms with van der Waals surface area (Å²) >= 11 is 1.47. The number of allylic oxidation sites excluding steroid dienone is 4. The van der Waals surface area contributed by atoms with Crippen LogP contribution in [-0.2, 0) is 19.1 Å². The SMILES string of the molecule is CCCC1O[C@@H]2CC3C4CCC5=CC(=O)C=CC5C4C(O)CC3(C)[C@]2(C(=O)CSc2nccc3ccccc23)O1. The number of rotatable bonds is 6.